The molecule has 0 heterocycles. The molecule has 0 saturated carbocycles. The number of ether oxygens (including phenoxy) is 2. The lowest BCUT2D eigenvalue weighted by Crippen LogP contribution is -2.36. The van der Waals surface area contributed by atoms with E-state index >= 15 is 0 Å². The van der Waals surface area contributed by atoms with Gasteiger partial charge in [0.1, 0.15) is 18.0 Å². The van der Waals surface area contributed by atoms with Crippen LogP contribution in [0.1, 0.15) is 25.3 Å². The maximum atomic E-state index is 12.1. The number of aliphatic hydroxyl groups is 2. The average Bonchev–Trinajstić information content (AvgIpc) is 2.58. The normalized spacial score (nSPS) is 15.0. The van der Waals surface area contributed by atoms with E-state index in [-0.39, 0.29) is 6.61 Å². The molecule has 0 aliphatic heterocycles. The van der Waals surface area contributed by atoms with Gasteiger partial charge in [-0.15, -0.1) is 0 Å². The fourth-order valence-electron chi connectivity index (χ4n) is 2.17. The largest absolute Gasteiger partial charge is 0.497 e. The van der Waals surface area contributed by atoms with E-state index in [1.165, 1.54) is 6.92 Å². The first-order valence-electron chi connectivity index (χ1n) is 7.44. The molecular weight excluding hydrogens is 296 g/mol. The summed E-state index contributed by atoms with van der Waals surface area (Å²) >= 11 is 0. The summed E-state index contributed by atoms with van der Waals surface area (Å²) in [7, 11) is 1.62. The van der Waals surface area contributed by atoms with Gasteiger partial charge in [0, 0.05) is 0 Å². The third kappa shape index (κ3) is 4.21. The van der Waals surface area contributed by atoms with Crippen molar-refractivity contribution in [3.63, 3.8) is 0 Å². The summed E-state index contributed by atoms with van der Waals surface area (Å²) in [5, 5.41) is 20.7. The van der Waals surface area contributed by atoms with Crippen molar-refractivity contribution < 1.29 is 24.5 Å². The smallest absolute Gasteiger partial charge is 0.313 e. The van der Waals surface area contributed by atoms with Gasteiger partial charge in [-0.2, -0.15) is 0 Å². The van der Waals surface area contributed by atoms with Crippen LogP contribution in [-0.4, -0.2) is 42.1 Å². The van der Waals surface area contributed by atoms with Crippen LogP contribution in [-0.2, 0) is 9.53 Å². The number of aliphatic hydroxyl groups excluding tert-OH is 1. The monoisotopic (exact) mass is 318 g/mol. The highest BCUT2D eigenvalue weighted by molar-refractivity contribution is 5.86. The molecule has 0 spiro atoms. The fourth-order valence-corrected chi connectivity index (χ4v) is 2.17. The molecule has 5 nitrogen and oxygen atoms in total. The molecule has 0 radical (unpaired) electrons. The minimum absolute atomic E-state index is 0.239. The van der Waals surface area contributed by atoms with Gasteiger partial charge in [0.05, 0.1) is 19.6 Å². The highest BCUT2D eigenvalue weighted by Crippen LogP contribution is 2.26. The first kappa shape index (κ1) is 17.2. The Morgan fingerprint density at radius 1 is 1.22 bits per heavy atom. The quantitative estimate of drug-likeness (QED) is 0.799. The number of carbonyl (C=O) groups excluding carboxylic acids is 1. The van der Waals surface area contributed by atoms with Crippen LogP contribution in [0.25, 0.3) is 10.8 Å². The summed E-state index contributed by atoms with van der Waals surface area (Å²) < 4.78 is 10.3. The second-order valence-electron chi connectivity index (χ2n) is 5.96. The Bertz CT molecular complexity index is 693. The minimum atomic E-state index is -1.42. The van der Waals surface area contributed by atoms with Gasteiger partial charge < -0.3 is 19.7 Å². The van der Waals surface area contributed by atoms with Gasteiger partial charge >= 0.3 is 5.97 Å². The molecule has 0 aromatic heterocycles. The zero-order valence-electron chi connectivity index (χ0n) is 13.6. The van der Waals surface area contributed by atoms with Crippen LogP contribution in [0.15, 0.2) is 36.4 Å². The van der Waals surface area contributed by atoms with Gasteiger partial charge in [0.15, 0.2) is 0 Å². The van der Waals surface area contributed by atoms with Crippen LogP contribution >= 0.6 is 0 Å². The number of fused-ring (bicyclic) bond motifs is 1. The Morgan fingerprint density at radius 2 is 1.87 bits per heavy atom. The van der Waals surface area contributed by atoms with Crippen molar-refractivity contribution in [1.82, 2.24) is 0 Å². The van der Waals surface area contributed by atoms with E-state index in [9.17, 15) is 9.90 Å². The van der Waals surface area contributed by atoms with Gasteiger partial charge in [-0.25, -0.2) is 0 Å². The average molecular weight is 318 g/mol. The molecule has 0 saturated heterocycles. The molecule has 0 unspecified atom stereocenters. The molecule has 2 atom stereocenters. The third-order valence-electron chi connectivity index (χ3n) is 3.79. The summed E-state index contributed by atoms with van der Waals surface area (Å²) in [6.45, 7) is 2.46. The standard InChI is InChI=1S/C18H22O5/c1-12(17(20)23-11-18(2,21)10-19)13-4-5-15-9-16(22-3)7-6-14(15)8-13/h4-9,12,19,21H,10-11H2,1-3H3/t12-,18+/m0/s1. The molecule has 0 fully saturated rings. The predicted octanol–water partition coefficient (Wildman–Crippen LogP) is 2.24. The summed E-state index contributed by atoms with van der Waals surface area (Å²) in [6.07, 6.45) is 0. The summed E-state index contributed by atoms with van der Waals surface area (Å²) in [5.41, 5.74) is -0.591. The minimum Gasteiger partial charge on any atom is -0.497 e. The van der Waals surface area contributed by atoms with E-state index in [2.05, 4.69) is 0 Å². The summed E-state index contributed by atoms with van der Waals surface area (Å²) in [4.78, 5) is 12.1. The van der Waals surface area contributed by atoms with Crippen molar-refractivity contribution in [3.8, 4) is 5.75 Å². The van der Waals surface area contributed by atoms with E-state index in [0.29, 0.717) is 0 Å². The molecule has 0 bridgehead atoms. The molecular formula is C18H22O5. The highest BCUT2D eigenvalue weighted by Gasteiger charge is 2.24. The molecule has 0 amide bonds. The van der Waals surface area contributed by atoms with Crippen LogP contribution in [0.5, 0.6) is 5.75 Å². The van der Waals surface area contributed by atoms with Crippen LogP contribution in [0.2, 0.25) is 0 Å². The number of rotatable bonds is 6. The maximum Gasteiger partial charge on any atom is 0.313 e. The molecule has 23 heavy (non-hydrogen) atoms. The van der Waals surface area contributed by atoms with E-state index in [1.807, 2.05) is 36.4 Å². The van der Waals surface area contributed by atoms with Crippen LogP contribution in [0, 0.1) is 0 Å². The van der Waals surface area contributed by atoms with Crippen molar-refractivity contribution in [2.24, 2.45) is 0 Å². The van der Waals surface area contributed by atoms with Gasteiger partial charge in [0.2, 0.25) is 0 Å². The van der Waals surface area contributed by atoms with Gasteiger partial charge in [-0.3, -0.25) is 4.79 Å². The Kier molecular flexibility index (Phi) is 5.23. The second kappa shape index (κ2) is 6.98. The van der Waals surface area contributed by atoms with Crippen molar-refractivity contribution in [1.29, 1.82) is 0 Å². The van der Waals surface area contributed by atoms with Crippen molar-refractivity contribution in [3.05, 3.63) is 42.0 Å². The lowest BCUT2D eigenvalue weighted by molar-refractivity contribution is -0.154. The fraction of sp³-hybridized carbons (Fsp3) is 0.389. The second-order valence-corrected chi connectivity index (χ2v) is 5.96. The number of carbonyl (C=O) groups is 1. The van der Waals surface area contributed by atoms with Crippen LogP contribution < -0.4 is 4.74 Å². The Labute approximate surface area is 135 Å². The Balaban J connectivity index is 2.14. The van der Waals surface area contributed by atoms with E-state index in [4.69, 9.17) is 14.6 Å². The lowest BCUT2D eigenvalue weighted by atomic mass is 9.97. The van der Waals surface area contributed by atoms with Crippen LogP contribution in [0.3, 0.4) is 0 Å². The summed E-state index contributed by atoms with van der Waals surface area (Å²) in [5.74, 6) is -0.119. The lowest BCUT2D eigenvalue weighted by Gasteiger charge is -2.21. The van der Waals surface area contributed by atoms with Gasteiger partial charge in [-0.05, 0) is 42.3 Å². The zero-order valence-corrected chi connectivity index (χ0v) is 13.6. The summed E-state index contributed by atoms with van der Waals surface area (Å²) in [6, 6.07) is 11.5. The van der Waals surface area contributed by atoms with Crippen molar-refractivity contribution >= 4 is 16.7 Å². The molecule has 2 aromatic rings. The number of benzene rings is 2. The van der Waals surface area contributed by atoms with Gasteiger partial charge in [0.25, 0.3) is 0 Å². The van der Waals surface area contributed by atoms with Crippen molar-refractivity contribution in [2.75, 3.05) is 20.3 Å². The topological polar surface area (TPSA) is 76.0 Å². The van der Waals surface area contributed by atoms with E-state index < -0.39 is 24.1 Å². The molecule has 2 N–H and O–H groups in total. The number of hydrogen-bond acceptors (Lipinski definition) is 5. The van der Waals surface area contributed by atoms with Crippen LogP contribution in [0.4, 0.5) is 0 Å². The molecule has 2 aromatic carbocycles. The zero-order chi connectivity index (χ0) is 17.0. The Hall–Kier alpha value is -2.11. The SMILES string of the molecule is COc1ccc2cc([C@H](C)C(=O)OC[C@](C)(O)CO)ccc2c1. The number of methoxy groups -OCH3 is 1. The third-order valence-corrected chi connectivity index (χ3v) is 3.79. The molecule has 2 rings (SSSR count). The van der Waals surface area contributed by atoms with Crippen molar-refractivity contribution in [2.45, 2.75) is 25.4 Å². The molecule has 124 valence electrons. The van der Waals surface area contributed by atoms with E-state index in [1.54, 1.807) is 14.0 Å². The first-order valence-corrected chi connectivity index (χ1v) is 7.44. The first-order chi connectivity index (χ1) is 10.9. The maximum absolute atomic E-state index is 12.1. The predicted molar refractivity (Wildman–Crippen MR) is 87.6 cm³/mol. The molecule has 0 aliphatic rings. The Morgan fingerprint density at radius 3 is 2.52 bits per heavy atom. The van der Waals surface area contributed by atoms with Gasteiger partial charge in [-0.1, -0.05) is 24.3 Å². The number of esters is 1. The highest BCUT2D eigenvalue weighted by atomic mass is 16.5. The molecule has 5 heteroatoms. The van der Waals surface area contributed by atoms with E-state index in [0.717, 1.165) is 22.1 Å². The molecule has 0 aliphatic carbocycles. The number of hydrogen-bond donors (Lipinski definition) is 2.